The number of hydrogen-bond donors (Lipinski definition) is 0. The van der Waals surface area contributed by atoms with Gasteiger partial charge in [-0.25, -0.2) is 9.37 Å². The molecule has 0 aliphatic carbocycles. The van der Waals surface area contributed by atoms with Crippen LogP contribution in [0.25, 0.3) is 21.9 Å². The predicted octanol–water partition coefficient (Wildman–Crippen LogP) is 5.03. The lowest BCUT2D eigenvalue weighted by atomic mass is 10.0. The van der Waals surface area contributed by atoms with Crippen molar-refractivity contribution in [2.45, 2.75) is 45.0 Å². The van der Waals surface area contributed by atoms with Gasteiger partial charge in [-0.3, -0.25) is 4.98 Å². The van der Waals surface area contributed by atoms with E-state index < -0.39 is 6.67 Å². The predicted molar refractivity (Wildman–Crippen MR) is 108 cm³/mol. The highest BCUT2D eigenvalue weighted by molar-refractivity contribution is 6.31. The molecule has 0 bridgehead atoms. The lowest BCUT2D eigenvalue weighted by molar-refractivity contribution is 0.00630. The highest BCUT2D eigenvalue weighted by atomic mass is 35.5. The van der Waals surface area contributed by atoms with Gasteiger partial charge in [-0.2, -0.15) is 0 Å². The van der Waals surface area contributed by atoms with E-state index in [1.807, 2.05) is 18.2 Å². The second kappa shape index (κ2) is 7.39. The molecule has 0 spiro atoms. The zero-order chi connectivity index (χ0) is 20.0. The Morgan fingerprint density at radius 3 is 2.97 bits per heavy atom. The van der Waals surface area contributed by atoms with Crippen LogP contribution in [-0.2, 0) is 17.8 Å². The molecular formula is C21H20ClFN4O2. The fraction of sp³-hybridized carbons (Fsp3) is 0.381. The first-order valence-corrected chi connectivity index (χ1v) is 10.1. The third kappa shape index (κ3) is 3.38. The minimum Gasteiger partial charge on any atom is -0.378 e. The molecule has 150 valence electrons. The first-order valence-electron chi connectivity index (χ1n) is 9.69. The fourth-order valence-corrected chi connectivity index (χ4v) is 4.36. The Morgan fingerprint density at radius 2 is 2.17 bits per heavy atom. The quantitative estimate of drug-likeness (QED) is 0.468. The molecule has 1 fully saturated rings. The van der Waals surface area contributed by atoms with E-state index >= 15 is 0 Å². The van der Waals surface area contributed by atoms with E-state index in [2.05, 4.69) is 21.6 Å². The van der Waals surface area contributed by atoms with Crippen LogP contribution in [0.4, 0.5) is 4.39 Å². The van der Waals surface area contributed by atoms with Crippen LogP contribution < -0.4 is 0 Å². The monoisotopic (exact) mass is 414 g/mol. The molecule has 1 aliphatic heterocycles. The molecule has 0 radical (unpaired) electrons. The Balaban J connectivity index is 1.71. The smallest absolute Gasteiger partial charge is 0.167 e. The zero-order valence-electron chi connectivity index (χ0n) is 15.9. The number of ether oxygens (including phenoxy) is 1. The SMILES string of the molecule is C[C@@H]1C[C@H](n2c(Cc3cc(CF)on3)nc3cnc4ccc(Cl)cc4c32)CCO1. The van der Waals surface area contributed by atoms with Gasteiger partial charge in [0.15, 0.2) is 5.76 Å². The van der Waals surface area contributed by atoms with E-state index in [1.165, 1.54) is 0 Å². The molecule has 1 saturated heterocycles. The number of aromatic nitrogens is 4. The number of halogens is 2. The molecule has 1 aromatic carbocycles. The van der Waals surface area contributed by atoms with E-state index in [1.54, 1.807) is 12.3 Å². The van der Waals surface area contributed by atoms with Gasteiger partial charge in [-0.15, -0.1) is 0 Å². The molecular weight excluding hydrogens is 395 g/mol. The van der Waals surface area contributed by atoms with Gasteiger partial charge in [0.1, 0.15) is 18.0 Å². The second-order valence-electron chi connectivity index (χ2n) is 7.51. The van der Waals surface area contributed by atoms with Gasteiger partial charge >= 0.3 is 0 Å². The fourth-order valence-electron chi connectivity index (χ4n) is 4.19. The summed E-state index contributed by atoms with van der Waals surface area (Å²) >= 11 is 6.30. The van der Waals surface area contributed by atoms with Crippen LogP contribution in [0.2, 0.25) is 5.02 Å². The van der Waals surface area contributed by atoms with Crippen LogP contribution >= 0.6 is 11.6 Å². The molecule has 5 rings (SSSR count). The molecule has 8 heteroatoms. The zero-order valence-corrected chi connectivity index (χ0v) is 16.7. The molecule has 0 saturated carbocycles. The maximum Gasteiger partial charge on any atom is 0.167 e. The van der Waals surface area contributed by atoms with E-state index in [-0.39, 0.29) is 17.9 Å². The Bertz CT molecular complexity index is 1190. The van der Waals surface area contributed by atoms with Crippen molar-refractivity contribution in [1.29, 1.82) is 0 Å². The van der Waals surface area contributed by atoms with Gasteiger partial charge in [0.25, 0.3) is 0 Å². The Morgan fingerprint density at radius 1 is 1.28 bits per heavy atom. The number of nitrogens with zero attached hydrogens (tertiary/aromatic N) is 4. The van der Waals surface area contributed by atoms with Crippen molar-refractivity contribution in [2.24, 2.45) is 0 Å². The van der Waals surface area contributed by atoms with E-state index in [4.69, 9.17) is 25.8 Å². The summed E-state index contributed by atoms with van der Waals surface area (Å²) in [6, 6.07) is 7.58. The average Bonchev–Trinajstić information content (AvgIpc) is 3.32. The van der Waals surface area contributed by atoms with Crippen LogP contribution in [0, 0.1) is 0 Å². The first-order chi connectivity index (χ1) is 14.1. The van der Waals surface area contributed by atoms with Gasteiger partial charge < -0.3 is 13.8 Å². The van der Waals surface area contributed by atoms with Crippen LogP contribution in [0.3, 0.4) is 0 Å². The minimum absolute atomic E-state index is 0.168. The molecule has 29 heavy (non-hydrogen) atoms. The van der Waals surface area contributed by atoms with Crippen LogP contribution in [0.15, 0.2) is 35.0 Å². The molecule has 0 amide bonds. The lowest BCUT2D eigenvalue weighted by Crippen LogP contribution is -2.26. The summed E-state index contributed by atoms with van der Waals surface area (Å²) in [7, 11) is 0. The van der Waals surface area contributed by atoms with Gasteiger partial charge in [0.2, 0.25) is 0 Å². The third-order valence-corrected chi connectivity index (χ3v) is 5.69. The van der Waals surface area contributed by atoms with Crippen molar-refractivity contribution in [3.8, 4) is 0 Å². The summed E-state index contributed by atoms with van der Waals surface area (Å²) in [5.41, 5.74) is 3.35. The van der Waals surface area contributed by atoms with Gasteiger partial charge in [-0.1, -0.05) is 16.8 Å². The number of imidazole rings is 1. The third-order valence-electron chi connectivity index (χ3n) is 5.45. The highest BCUT2D eigenvalue weighted by Crippen LogP contribution is 2.34. The average molecular weight is 415 g/mol. The van der Waals surface area contributed by atoms with Crippen LogP contribution in [-0.4, -0.2) is 32.4 Å². The summed E-state index contributed by atoms with van der Waals surface area (Å²) in [5.74, 6) is 1.08. The maximum atomic E-state index is 12.9. The van der Waals surface area contributed by atoms with Crippen molar-refractivity contribution in [1.82, 2.24) is 19.7 Å². The summed E-state index contributed by atoms with van der Waals surface area (Å²) in [4.78, 5) is 9.41. The number of alkyl halides is 1. The molecule has 6 nitrogen and oxygen atoms in total. The molecule has 4 heterocycles. The Labute approximate surface area is 171 Å². The first kappa shape index (κ1) is 18.5. The topological polar surface area (TPSA) is 66.0 Å². The van der Waals surface area contributed by atoms with Gasteiger partial charge in [-0.05, 0) is 38.0 Å². The highest BCUT2D eigenvalue weighted by Gasteiger charge is 2.26. The Kier molecular flexibility index (Phi) is 4.72. The number of rotatable bonds is 4. The second-order valence-corrected chi connectivity index (χ2v) is 7.94. The number of fused-ring (bicyclic) bond motifs is 3. The van der Waals surface area contributed by atoms with Crippen molar-refractivity contribution in [3.63, 3.8) is 0 Å². The van der Waals surface area contributed by atoms with Crippen LogP contribution in [0.1, 0.15) is 43.1 Å². The Hall–Kier alpha value is -2.51. The standard InChI is InChI=1S/C21H20ClFN4O2/c1-12-6-15(4-5-28-12)27-20(9-14-8-16(10-23)29-26-14)25-19-11-24-18-3-2-13(22)7-17(18)21(19)27/h2-3,7-8,11-12,15H,4-6,9-10H2,1H3/t12-,15-/m1/s1. The molecule has 1 aliphatic rings. The minimum atomic E-state index is -0.673. The van der Waals surface area contributed by atoms with Gasteiger partial charge in [0, 0.05) is 29.1 Å². The molecule has 0 unspecified atom stereocenters. The summed E-state index contributed by atoms with van der Waals surface area (Å²) in [6.45, 7) is 2.12. The largest absolute Gasteiger partial charge is 0.378 e. The molecule has 3 aromatic heterocycles. The van der Waals surface area contributed by atoms with E-state index in [9.17, 15) is 4.39 Å². The lowest BCUT2D eigenvalue weighted by Gasteiger charge is -2.30. The van der Waals surface area contributed by atoms with E-state index in [0.717, 1.165) is 40.6 Å². The van der Waals surface area contributed by atoms with Crippen molar-refractivity contribution < 1.29 is 13.7 Å². The maximum absolute atomic E-state index is 12.9. The summed E-state index contributed by atoms with van der Waals surface area (Å²) < 4.78 is 26.0. The van der Waals surface area contributed by atoms with Crippen molar-refractivity contribution in [2.75, 3.05) is 6.61 Å². The molecule has 2 atom stereocenters. The van der Waals surface area contributed by atoms with E-state index in [0.29, 0.717) is 23.7 Å². The number of benzene rings is 1. The molecule has 0 N–H and O–H groups in total. The molecule has 4 aromatic rings. The van der Waals surface area contributed by atoms with Crippen molar-refractivity contribution >= 4 is 33.5 Å². The summed E-state index contributed by atoms with van der Waals surface area (Å²) in [6.07, 6.45) is 4.19. The summed E-state index contributed by atoms with van der Waals surface area (Å²) in [5, 5.41) is 5.63. The number of pyridine rings is 1. The van der Waals surface area contributed by atoms with Crippen LogP contribution in [0.5, 0.6) is 0 Å². The normalized spacial score (nSPS) is 20.0. The van der Waals surface area contributed by atoms with Gasteiger partial charge in [0.05, 0.1) is 35.4 Å². The number of hydrogen-bond acceptors (Lipinski definition) is 5. The van der Waals surface area contributed by atoms with Crippen molar-refractivity contribution in [3.05, 3.63) is 52.8 Å².